The van der Waals surface area contributed by atoms with Crippen LogP contribution < -0.4 is 5.73 Å². The second-order valence-corrected chi connectivity index (χ2v) is 4.78. The minimum absolute atomic E-state index is 0.583. The molecule has 4 heteroatoms. The van der Waals surface area contributed by atoms with Crippen molar-refractivity contribution in [3.05, 3.63) is 29.8 Å². The lowest BCUT2D eigenvalue weighted by Gasteiger charge is -2.38. The van der Waals surface area contributed by atoms with Gasteiger partial charge in [0.2, 0.25) is 0 Å². The fourth-order valence-electron chi connectivity index (χ4n) is 2.53. The van der Waals surface area contributed by atoms with E-state index in [0.29, 0.717) is 18.5 Å². The smallest absolute Gasteiger partial charge is 0.314 e. The number of benzene rings is 1. The third-order valence-electron chi connectivity index (χ3n) is 3.73. The second kappa shape index (κ2) is 4.37. The molecule has 0 amide bonds. The Hall–Kier alpha value is -1.55. The maximum atomic E-state index is 11.7. The number of hydrogen-bond donors (Lipinski definition) is 2. The molecule has 0 unspecified atom stereocenters. The van der Waals surface area contributed by atoms with Crippen LogP contribution in [0.2, 0.25) is 0 Å². The van der Waals surface area contributed by atoms with E-state index in [9.17, 15) is 9.90 Å². The Morgan fingerprint density at radius 3 is 2.47 bits per heavy atom. The van der Waals surface area contributed by atoms with Gasteiger partial charge < -0.3 is 15.7 Å². The SMILES string of the molecule is CN1CCC(C(=O)O)(c2ccccc2N)CC1. The number of carboxylic acid groups (broad SMARTS) is 1. The Bertz CT molecular complexity index is 423. The lowest BCUT2D eigenvalue weighted by atomic mass is 9.72. The molecule has 0 aromatic heterocycles. The summed E-state index contributed by atoms with van der Waals surface area (Å²) >= 11 is 0. The van der Waals surface area contributed by atoms with E-state index in [0.717, 1.165) is 18.7 Å². The third kappa shape index (κ3) is 2.00. The first-order valence-corrected chi connectivity index (χ1v) is 5.83. The minimum Gasteiger partial charge on any atom is -0.481 e. The Balaban J connectivity index is 2.42. The second-order valence-electron chi connectivity index (χ2n) is 4.78. The number of likely N-dealkylation sites (tertiary alicyclic amines) is 1. The molecule has 17 heavy (non-hydrogen) atoms. The number of piperidine rings is 1. The highest BCUT2D eigenvalue weighted by atomic mass is 16.4. The van der Waals surface area contributed by atoms with Crippen molar-refractivity contribution in [1.29, 1.82) is 0 Å². The van der Waals surface area contributed by atoms with E-state index in [1.54, 1.807) is 6.07 Å². The maximum Gasteiger partial charge on any atom is 0.314 e. The molecule has 1 aliphatic heterocycles. The van der Waals surface area contributed by atoms with Crippen molar-refractivity contribution < 1.29 is 9.90 Å². The molecule has 0 bridgehead atoms. The summed E-state index contributed by atoms with van der Waals surface area (Å²) in [6, 6.07) is 7.31. The summed E-state index contributed by atoms with van der Waals surface area (Å²) in [5, 5.41) is 9.58. The molecule has 4 nitrogen and oxygen atoms in total. The third-order valence-corrected chi connectivity index (χ3v) is 3.73. The lowest BCUT2D eigenvalue weighted by Crippen LogP contribution is -2.46. The average Bonchev–Trinajstić information content (AvgIpc) is 2.31. The summed E-state index contributed by atoms with van der Waals surface area (Å²) in [6.45, 7) is 1.58. The highest BCUT2D eigenvalue weighted by molar-refractivity contribution is 5.84. The number of para-hydroxylation sites is 1. The molecular formula is C13H18N2O2. The Morgan fingerprint density at radius 1 is 1.35 bits per heavy atom. The van der Waals surface area contributed by atoms with Gasteiger partial charge in [0.05, 0.1) is 5.41 Å². The molecule has 0 spiro atoms. The fourth-order valence-corrected chi connectivity index (χ4v) is 2.53. The zero-order valence-corrected chi connectivity index (χ0v) is 10.0. The highest BCUT2D eigenvalue weighted by Crippen LogP contribution is 2.38. The first kappa shape index (κ1) is 11.9. The minimum atomic E-state index is -0.808. The number of aliphatic carboxylic acids is 1. The molecule has 0 atom stereocenters. The molecule has 1 aromatic carbocycles. The van der Waals surface area contributed by atoms with Crippen LogP contribution in [-0.4, -0.2) is 36.1 Å². The van der Waals surface area contributed by atoms with E-state index < -0.39 is 11.4 Å². The Labute approximate surface area is 101 Å². The van der Waals surface area contributed by atoms with Crippen molar-refractivity contribution in [1.82, 2.24) is 4.90 Å². The van der Waals surface area contributed by atoms with Crippen LogP contribution in [0.15, 0.2) is 24.3 Å². The van der Waals surface area contributed by atoms with Crippen LogP contribution >= 0.6 is 0 Å². The molecule has 0 aliphatic carbocycles. The van der Waals surface area contributed by atoms with Gasteiger partial charge in [0.25, 0.3) is 0 Å². The van der Waals surface area contributed by atoms with Gasteiger partial charge in [0, 0.05) is 5.69 Å². The van der Waals surface area contributed by atoms with Gasteiger partial charge in [0.15, 0.2) is 0 Å². The van der Waals surface area contributed by atoms with Crippen LogP contribution in [0.3, 0.4) is 0 Å². The van der Waals surface area contributed by atoms with Gasteiger partial charge in [-0.25, -0.2) is 0 Å². The number of nitrogen functional groups attached to an aromatic ring is 1. The van der Waals surface area contributed by atoms with E-state index >= 15 is 0 Å². The fraction of sp³-hybridized carbons (Fsp3) is 0.462. The van der Waals surface area contributed by atoms with E-state index in [1.807, 2.05) is 25.2 Å². The number of hydrogen-bond acceptors (Lipinski definition) is 3. The molecule has 2 rings (SSSR count). The summed E-state index contributed by atoms with van der Waals surface area (Å²) in [5.41, 5.74) is 6.47. The lowest BCUT2D eigenvalue weighted by molar-refractivity contribution is -0.145. The van der Waals surface area contributed by atoms with Gasteiger partial charge in [0.1, 0.15) is 0 Å². The first-order valence-electron chi connectivity index (χ1n) is 5.83. The van der Waals surface area contributed by atoms with Crippen molar-refractivity contribution in [3.8, 4) is 0 Å². The van der Waals surface area contributed by atoms with Crippen molar-refractivity contribution in [3.63, 3.8) is 0 Å². The zero-order valence-electron chi connectivity index (χ0n) is 10.0. The average molecular weight is 234 g/mol. The molecule has 0 radical (unpaired) electrons. The number of rotatable bonds is 2. The van der Waals surface area contributed by atoms with Crippen LogP contribution in [-0.2, 0) is 10.2 Å². The van der Waals surface area contributed by atoms with Crippen LogP contribution in [0.1, 0.15) is 18.4 Å². The van der Waals surface area contributed by atoms with Gasteiger partial charge in [-0.05, 0) is 44.6 Å². The van der Waals surface area contributed by atoms with E-state index in [2.05, 4.69) is 4.90 Å². The van der Waals surface area contributed by atoms with Gasteiger partial charge in [-0.15, -0.1) is 0 Å². The van der Waals surface area contributed by atoms with Gasteiger partial charge in [-0.1, -0.05) is 18.2 Å². The molecule has 1 aromatic rings. The van der Waals surface area contributed by atoms with Crippen molar-refractivity contribution >= 4 is 11.7 Å². The van der Waals surface area contributed by atoms with Crippen LogP contribution in [0, 0.1) is 0 Å². The van der Waals surface area contributed by atoms with Crippen LogP contribution in [0.4, 0.5) is 5.69 Å². The summed E-state index contributed by atoms with van der Waals surface area (Å²) in [5.74, 6) is -0.761. The number of nitrogens with two attached hydrogens (primary N) is 1. The molecule has 1 aliphatic rings. The normalized spacial score (nSPS) is 20.1. The summed E-state index contributed by atoms with van der Waals surface area (Å²) in [6.07, 6.45) is 1.24. The highest BCUT2D eigenvalue weighted by Gasteiger charge is 2.43. The number of carbonyl (C=O) groups is 1. The molecule has 92 valence electrons. The molecule has 0 saturated carbocycles. The number of anilines is 1. The summed E-state index contributed by atoms with van der Waals surface area (Å²) in [7, 11) is 2.01. The standard InChI is InChI=1S/C13H18N2O2/c1-15-8-6-13(7-9-15,12(16)17)10-4-2-3-5-11(10)14/h2-5H,6-9,14H2,1H3,(H,16,17). The van der Waals surface area contributed by atoms with E-state index in [-0.39, 0.29) is 0 Å². The van der Waals surface area contributed by atoms with E-state index in [1.165, 1.54) is 0 Å². The molecule has 1 saturated heterocycles. The Kier molecular flexibility index (Phi) is 3.07. The largest absolute Gasteiger partial charge is 0.481 e. The van der Waals surface area contributed by atoms with Gasteiger partial charge >= 0.3 is 5.97 Å². The van der Waals surface area contributed by atoms with Crippen LogP contribution in [0.25, 0.3) is 0 Å². The van der Waals surface area contributed by atoms with Gasteiger partial charge in [-0.3, -0.25) is 4.79 Å². The monoisotopic (exact) mass is 234 g/mol. The summed E-state index contributed by atoms with van der Waals surface area (Å²) in [4.78, 5) is 13.8. The van der Waals surface area contributed by atoms with Crippen molar-refractivity contribution in [2.45, 2.75) is 18.3 Å². The molecule has 3 N–H and O–H groups in total. The molecule has 1 fully saturated rings. The zero-order chi connectivity index (χ0) is 12.5. The quantitative estimate of drug-likeness (QED) is 0.757. The van der Waals surface area contributed by atoms with Gasteiger partial charge in [-0.2, -0.15) is 0 Å². The predicted molar refractivity (Wildman–Crippen MR) is 66.9 cm³/mol. The molecule has 1 heterocycles. The number of carboxylic acids is 1. The molecular weight excluding hydrogens is 216 g/mol. The van der Waals surface area contributed by atoms with Crippen molar-refractivity contribution in [2.75, 3.05) is 25.9 Å². The number of nitrogens with zero attached hydrogens (tertiary/aromatic N) is 1. The van der Waals surface area contributed by atoms with Crippen LogP contribution in [0.5, 0.6) is 0 Å². The predicted octanol–water partition coefficient (Wildman–Crippen LogP) is 1.32. The maximum absolute atomic E-state index is 11.7. The Morgan fingerprint density at radius 2 is 1.94 bits per heavy atom. The van der Waals surface area contributed by atoms with Crippen molar-refractivity contribution in [2.24, 2.45) is 0 Å². The van der Waals surface area contributed by atoms with E-state index in [4.69, 9.17) is 5.73 Å². The first-order chi connectivity index (χ1) is 8.06. The summed E-state index contributed by atoms with van der Waals surface area (Å²) < 4.78 is 0. The topological polar surface area (TPSA) is 66.6 Å².